The van der Waals surface area contributed by atoms with E-state index in [1.165, 1.54) is 25.3 Å². The van der Waals surface area contributed by atoms with E-state index in [0.717, 1.165) is 27.1 Å². The lowest BCUT2D eigenvalue weighted by molar-refractivity contribution is -0.0499. The van der Waals surface area contributed by atoms with E-state index in [0.29, 0.717) is 22.6 Å². The minimum absolute atomic E-state index is 0.114. The van der Waals surface area contributed by atoms with Crippen molar-refractivity contribution in [1.82, 2.24) is 0 Å². The van der Waals surface area contributed by atoms with Crippen molar-refractivity contribution < 1.29 is 35.2 Å². The molecule has 0 aromatic heterocycles. The van der Waals surface area contributed by atoms with Gasteiger partial charge in [0.1, 0.15) is 11.5 Å². The van der Waals surface area contributed by atoms with Crippen LogP contribution in [0.4, 0.5) is 13.2 Å². The van der Waals surface area contributed by atoms with E-state index in [-0.39, 0.29) is 5.56 Å². The number of rotatable bonds is 6. The molecular weight excluding hydrogens is 517 g/mol. The lowest BCUT2D eigenvalue weighted by Gasteiger charge is -2.21. The fourth-order valence-electron chi connectivity index (χ4n) is 4.60. The standard InChI is InChI=1S/C29H21F3O5S/c1-35-25-16-15-18-9-3-5-11-20(18)26(25)27-21-12-6-4-10-19(21)17-23(28(27)36-2)22-13-7-8-14-24(22)37-38(33,34)29(30,31)32/h3-17H,1-2H3. The average molecular weight is 539 g/mol. The molecule has 0 spiro atoms. The van der Waals surface area contributed by atoms with Gasteiger partial charge in [0.05, 0.1) is 14.2 Å². The molecule has 5 nitrogen and oxygen atoms in total. The van der Waals surface area contributed by atoms with Gasteiger partial charge >= 0.3 is 15.6 Å². The molecule has 38 heavy (non-hydrogen) atoms. The SMILES string of the molecule is COc1ccc2ccccc2c1-c1c(OC)c(-c2ccccc2OS(=O)(=O)C(F)(F)F)cc2ccccc12. The van der Waals surface area contributed by atoms with Crippen LogP contribution < -0.4 is 13.7 Å². The van der Waals surface area contributed by atoms with Gasteiger partial charge in [0, 0.05) is 22.3 Å². The molecule has 194 valence electrons. The molecular formula is C29H21F3O5S. The van der Waals surface area contributed by atoms with E-state index in [2.05, 4.69) is 4.18 Å². The van der Waals surface area contributed by atoms with Crippen LogP contribution in [0, 0.1) is 0 Å². The maximum atomic E-state index is 13.2. The highest BCUT2D eigenvalue weighted by Crippen LogP contribution is 2.50. The lowest BCUT2D eigenvalue weighted by atomic mass is 9.88. The van der Waals surface area contributed by atoms with Crippen molar-refractivity contribution in [2.24, 2.45) is 0 Å². The second-order valence-corrected chi connectivity index (χ2v) is 9.93. The van der Waals surface area contributed by atoms with Crippen LogP contribution in [0.3, 0.4) is 0 Å². The molecule has 0 radical (unpaired) electrons. The molecule has 5 rings (SSSR count). The number of halogens is 3. The summed E-state index contributed by atoms with van der Waals surface area (Å²) >= 11 is 0. The summed E-state index contributed by atoms with van der Waals surface area (Å²) in [4.78, 5) is 0. The fourth-order valence-corrected chi connectivity index (χ4v) is 5.07. The van der Waals surface area contributed by atoms with Crippen molar-refractivity contribution in [3.8, 4) is 39.5 Å². The molecule has 5 aromatic carbocycles. The first-order valence-corrected chi connectivity index (χ1v) is 12.8. The van der Waals surface area contributed by atoms with E-state index in [1.54, 1.807) is 19.2 Å². The Bertz CT molecular complexity index is 1780. The summed E-state index contributed by atoms with van der Waals surface area (Å²) in [6.45, 7) is 0. The van der Waals surface area contributed by atoms with Gasteiger partial charge in [0.2, 0.25) is 0 Å². The first-order valence-electron chi connectivity index (χ1n) is 11.4. The van der Waals surface area contributed by atoms with E-state index >= 15 is 0 Å². The van der Waals surface area contributed by atoms with Crippen LogP contribution in [0.15, 0.2) is 91.0 Å². The normalized spacial score (nSPS) is 12.0. The molecule has 0 heterocycles. The third kappa shape index (κ3) is 4.28. The summed E-state index contributed by atoms with van der Waals surface area (Å²) in [6.07, 6.45) is 0. The van der Waals surface area contributed by atoms with Crippen molar-refractivity contribution in [3.63, 3.8) is 0 Å². The molecule has 0 N–H and O–H groups in total. The Balaban J connectivity index is 1.89. The highest BCUT2D eigenvalue weighted by molar-refractivity contribution is 7.88. The number of ether oxygens (including phenoxy) is 2. The molecule has 0 aliphatic carbocycles. The number of methoxy groups -OCH3 is 2. The zero-order chi connectivity index (χ0) is 27.1. The minimum atomic E-state index is -5.91. The predicted octanol–water partition coefficient (Wildman–Crippen LogP) is 7.57. The number of hydrogen-bond donors (Lipinski definition) is 0. The summed E-state index contributed by atoms with van der Waals surface area (Å²) in [6, 6.07) is 26.3. The molecule has 0 saturated heterocycles. The molecule has 0 fully saturated rings. The lowest BCUT2D eigenvalue weighted by Crippen LogP contribution is -2.28. The van der Waals surface area contributed by atoms with Crippen molar-refractivity contribution in [2.75, 3.05) is 14.2 Å². The van der Waals surface area contributed by atoms with Gasteiger partial charge in [0.15, 0.2) is 5.75 Å². The molecule has 9 heteroatoms. The van der Waals surface area contributed by atoms with Gasteiger partial charge in [0.25, 0.3) is 0 Å². The maximum Gasteiger partial charge on any atom is 0.534 e. The largest absolute Gasteiger partial charge is 0.534 e. The Morgan fingerprint density at radius 1 is 0.632 bits per heavy atom. The number of hydrogen-bond acceptors (Lipinski definition) is 5. The molecule has 0 saturated carbocycles. The Kier molecular flexibility index (Phi) is 6.40. The van der Waals surface area contributed by atoms with Gasteiger partial charge in [-0.05, 0) is 39.7 Å². The van der Waals surface area contributed by atoms with Gasteiger partial charge < -0.3 is 13.7 Å². The topological polar surface area (TPSA) is 61.8 Å². The van der Waals surface area contributed by atoms with Gasteiger partial charge in [-0.1, -0.05) is 72.8 Å². The summed E-state index contributed by atoms with van der Waals surface area (Å²) in [5.74, 6) is 0.404. The average Bonchev–Trinajstić information content (AvgIpc) is 2.91. The van der Waals surface area contributed by atoms with Crippen LogP contribution in [0.5, 0.6) is 17.2 Å². The highest BCUT2D eigenvalue weighted by Gasteiger charge is 2.48. The monoisotopic (exact) mass is 538 g/mol. The first-order chi connectivity index (χ1) is 18.2. The third-order valence-corrected chi connectivity index (χ3v) is 7.19. The van der Waals surface area contributed by atoms with Crippen LogP contribution in [0.2, 0.25) is 0 Å². The third-order valence-electron chi connectivity index (χ3n) is 6.23. The van der Waals surface area contributed by atoms with Crippen LogP contribution in [-0.2, 0) is 10.1 Å². The van der Waals surface area contributed by atoms with E-state index in [4.69, 9.17) is 9.47 Å². The summed E-state index contributed by atoms with van der Waals surface area (Å²) in [5.41, 5.74) is -3.76. The second-order valence-electron chi connectivity index (χ2n) is 8.40. The van der Waals surface area contributed by atoms with E-state index in [9.17, 15) is 21.6 Å². The molecule has 0 bridgehead atoms. The Morgan fingerprint density at radius 2 is 1.24 bits per heavy atom. The predicted molar refractivity (Wildman–Crippen MR) is 141 cm³/mol. The van der Waals surface area contributed by atoms with Crippen LogP contribution in [0.25, 0.3) is 43.8 Å². The number of alkyl halides is 3. The van der Waals surface area contributed by atoms with Crippen LogP contribution >= 0.6 is 0 Å². The number of fused-ring (bicyclic) bond motifs is 2. The highest BCUT2D eigenvalue weighted by atomic mass is 32.2. The summed E-state index contributed by atoms with van der Waals surface area (Å²) < 4.78 is 79.6. The van der Waals surface area contributed by atoms with Crippen molar-refractivity contribution >= 4 is 31.7 Å². The molecule has 0 amide bonds. The smallest absolute Gasteiger partial charge is 0.496 e. The van der Waals surface area contributed by atoms with Crippen molar-refractivity contribution in [2.45, 2.75) is 5.51 Å². The van der Waals surface area contributed by atoms with E-state index < -0.39 is 21.4 Å². The molecule has 0 atom stereocenters. The van der Waals surface area contributed by atoms with Crippen LogP contribution in [0.1, 0.15) is 0 Å². The number of para-hydroxylation sites is 1. The quantitative estimate of drug-likeness (QED) is 0.165. The Morgan fingerprint density at radius 3 is 1.89 bits per heavy atom. The summed E-state index contributed by atoms with van der Waals surface area (Å²) in [7, 11) is -2.90. The molecule has 5 aromatic rings. The first kappa shape index (κ1) is 25.4. The van der Waals surface area contributed by atoms with Gasteiger partial charge in [-0.2, -0.15) is 21.6 Å². The fraction of sp³-hybridized carbons (Fsp3) is 0.103. The van der Waals surface area contributed by atoms with Gasteiger partial charge in [-0.15, -0.1) is 0 Å². The molecule has 0 aliphatic heterocycles. The molecule has 0 unspecified atom stereocenters. The zero-order valence-corrected chi connectivity index (χ0v) is 21.1. The van der Waals surface area contributed by atoms with Crippen molar-refractivity contribution in [3.05, 3.63) is 91.0 Å². The number of benzene rings is 5. The van der Waals surface area contributed by atoms with Gasteiger partial charge in [-0.3, -0.25) is 0 Å². The minimum Gasteiger partial charge on any atom is -0.496 e. The zero-order valence-electron chi connectivity index (χ0n) is 20.2. The summed E-state index contributed by atoms with van der Waals surface area (Å²) in [5, 5.41) is 3.38. The maximum absolute atomic E-state index is 13.2. The molecule has 0 aliphatic rings. The van der Waals surface area contributed by atoms with Crippen molar-refractivity contribution in [1.29, 1.82) is 0 Å². The Labute approximate surface area is 217 Å². The Hall–Kier alpha value is -4.24. The second kappa shape index (κ2) is 9.57. The van der Waals surface area contributed by atoms with E-state index in [1.807, 2.05) is 60.7 Å². The van der Waals surface area contributed by atoms with Gasteiger partial charge in [-0.25, -0.2) is 0 Å². The van der Waals surface area contributed by atoms with Crippen LogP contribution in [-0.4, -0.2) is 28.1 Å².